The number of hydrogen-bond acceptors (Lipinski definition) is 5. The Labute approximate surface area is 143 Å². The van der Waals surface area contributed by atoms with Crippen LogP contribution in [0.4, 0.5) is 11.4 Å². The molecule has 3 rings (SSSR count). The molecule has 0 aliphatic carbocycles. The van der Waals surface area contributed by atoms with Gasteiger partial charge >= 0.3 is 0 Å². The van der Waals surface area contributed by atoms with Gasteiger partial charge in [0, 0.05) is 18.7 Å². The van der Waals surface area contributed by atoms with Crippen LogP contribution in [0.5, 0.6) is 0 Å². The summed E-state index contributed by atoms with van der Waals surface area (Å²) in [5.41, 5.74) is 1.38. The zero-order chi connectivity index (χ0) is 17.1. The molecule has 2 aromatic rings. The second kappa shape index (κ2) is 6.76. The third-order valence-corrected chi connectivity index (χ3v) is 4.01. The van der Waals surface area contributed by atoms with E-state index in [-0.39, 0.29) is 11.8 Å². The van der Waals surface area contributed by atoms with Crippen LogP contribution in [0.2, 0.25) is 0 Å². The van der Waals surface area contributed by atoms with Crippen LogP contribution in [-0.2, 0) is 9.59 Å². The van der Waals surface area contributed by atoms with Gasteiger partial charge in [0.05, 0.1) is 10.6 Å². The van der Waals surface area contributed by atoms with Gasteiger partial charge in [-0.25, -0.2) is 4.99 Å². The second-order valence-corrected chi connectivity index (χ2v) is 6.19. The molecule has 0 radical (unpaired) electrons. The topological polar surface area (TPSA) is 83.7 Å². The lowest BCUT2D eigenvalue weighted by atomic mass is 10.3. The summed E-state index contributed by atoms with van der Waals surface area (Å²) >= 11 is 1.25. The molecule has 24 heavy (non-hydrogen) atoms. The van der Waals surface area contributed by atoms with Crippen molar-refractivity contribution in [1.82, 2.24) is 5.32 Å². The number of aryl methyl sites for hydroxylation is 1. The normalized spacial score (nSPS) is 17.3. The fourth-order valence-electron chi connectivity index (χ4n) is 2.08. The number of anilines is 1. The van der Waals surface area contributed by atoms with Gasteiger partial charge in [-0.1, -0.05) is 0 Å². The van der Waals surface area contributed by atoms with E-state index in [9.17, 15) is 9.59 Å². The van der Waals surface area contributed by atoms with E-state index in [1.807, 2.05) is 19.1 Å². The maximum Gasteiger partial charge on any atom is 0.264 e. The smallest absolute Gasteiger partial charge is 0.264 e. The van der Waals surface area contributed by atoms with Gasteiger partial charge in [0.1, 0.15) is 11.5 Å². The minimum atomic E-state index is -0.206. The number of rotatable bonds is 3. The Bertz CT molecular complexity index is 850. The highest BCUT2D eigenvalue weighted by Crippen LogP contribution is 2.28. The van der Waals surface area contributed by atoms with Crippen LogP contribution in [0.3, 0.4) is 0 Å². The Morgan fingerprint density at radius 3 is 2.62 bits per heavy atom. The number of benzene rings is 1. The van der Waals surface area contributed by atoms with Crippen LogP contribution in [0.1, 0.15) is 18.4 Å². The molecule has 122 valence electrons. The molecule has 0 atom stereocenters. The molecule has 1 aromatic carbocycles. The number of nitrogens with one attached hydrogen (secondary N) is 2. The van der Waals surface area contributed by atoms with Crippen molar-refractivity contribution in [2.24, 2.45) is 4.99 Å². The number of amidine groups is 1. The largest absolute Gasteiger partial charge is 0.462 e. The van der Waals surface area contributed by atoms with Gasteiger partial charge in [0.15, 0.2) is 5.17 Å². The number of carbonyl (C=O) groups excluding carboxylic acids is 2. The summed E-state index contributed by atoms with van der Waals surface area (Å²) in [4.78, 5) is 27.9. The van der Waals surface area contributed by atoms with Crippen molar-refractivity contribution in [3.63, 3.8) is 0 Å². The first kappa shape index (κ1) is 16.1. The highest BCUT2D eigenvalue weighted by Gasteiger charge is 2.24. The summed E-state index contributed by atoms with van der Waals surface area (Å²) < 4.78 is 5.45. The summed E-state index contributed by atoms with van der Waals surface area (Å²) in [5.74, 6) is 1.09. The SMILES string of the molecule is CC(=O)Nc1ccc(N=C2NC(=O)C(=Cc3ccc(C)o3)S2)cc1. The van der Waals surface area contributed by atoms with Crippen molar-refractivity contribution >= 4 is 46.2 Å². The summed E-state index contributed by atoms with van der Waals surface area (Å²) in [6.07, 6.45) is 1.69. The van der Waals surface area contributed by atoms with E-state index < -0.39 is 0 Å². The number of carbonyl (C=O) groups is 2. The van der Waals surface area contributed by atoms with Crippen LogP contribution >= 0.6 is 11.8 Å². The molecule has 2 N–H and O–H groups in total. The van der Waals surface area contributed by atoms with Crippen molar-refractivity contribution in [1.29, 1.82) is 0 Å². The Morgan fingerprint density at radius 2 is 2.00 bits per heavy atom. The molecule has 0 spiro atoms. The molecule has 2 amide bonds. The van der Waals surface area contributed by atoms with Gasteiger partial charge in [-0.2, -0.15) is 0 Å². The zero-order valence-electron chi connectivity index (χ0n) is 13.1. The number of thioether (sulfide) groups is 1. The van der Waals surface area contributed by atoms with Gasteiger partial charge in [-0.3, -0.25) is 9.59 Å². The molecular formula is C17H15N3O3S. The third kappa shape index (κ3) is 3.94. The van der Waals surface area contributed by atoms with E-state index in [0.717, 1.165) is 5.76 Å². The zero-order valence-corrected chi connectivity index (χ0v) is 13.9. The van der Waals surface area contributed by atoms with Crippen molar-refractivity contribution in [2.75, 3.05) is 5.32 Å². The van der Waals surface area contributed by atoms with Gasteiger partial charge in [-0.15, -0.1) is 0 Å². The van der Waals surface area contributed by atoms with E-state index in [4.69, 9.17) is 4.42 Å². The molecule has 1 saturated heterocycles. The molecule has 0 unspecified atom stereocenters. The highest BCUT2D eigenvalue weighted by atomic mass is 32.2. The fraction of sp³-hybridized carbons (Fsp3) is 0.118. The van der Waals surface area contributed by atoms with E-state index in [1.54, 1.807) is 30.3 Å². The standard InChI is InChI=1S/C17H15N3O3S/c1-10-3-8-14(23-10)9-15-16(22)20-17(24-15)19-13-6-4-12(5-7-13)18-11(2)21/h3-9H,1-2H3,(H,18,21)(H,19,20,22). The summed E-state index contributed by atoms with van der Waals surface area (Å²) in [7, 11) is 0. The van der Waals surface area contributed by atoms with Gasteiger partial charge in [0.25, 0.3) is 5.91 Å². The quantitative estimate of drug-likeness (QED) is 0.838. The lowest BCUT2D eigenvalue weighted by Crippen LogP contribution is -2.19. The van der Waals surface area contributed by atoms with Crippen LogP contribution in [0.15, 0.2) is 50.7 Å². The highest BCUT2D eigenvalue weighted by molar-refractivity contribution is 8.18. The van der Waals surface area contributed by atoms with Gasteiger partial charge < -0.3 is 15.1 Å². The van der Waals surface area contributed by atoms with Gasteiger partial charge in [-0.05, 0) is 55.1 Å². The van der Waals surface area contributed by atoms with E-state index in [0.29, 0.717) is 27.2 Å². The molecule has 1 aromatic heterocycles. The Balaban J connectivity index is 1.74. The number of aliphatic imine (C=N–C) groups is 1. The molecule has 7 heteroatoms. The molecule has 2 heterocycles. The maximum absolute atomic E-state index is 12.0. The molecule has 6 nitrogen and oxygen atoms in total. The van der Waals surface area contributed by atoms with Crippen molar-refractivity contribution in [2.45, 2.75) is 13.8 Å². The summed E-state index contributed by atoms with van der Waals surface area (Å²) in [5, 5.41) is 5.91. The van der Waals surface area contributed by atoms with Crippen LogP contribution in [0, 0.1) is 6.92 Å². The van der Waals surface area contributed by atoms with Crippen molar-refractivity contribution in [3.8, 4) is 0 Å². The Morgan fingerprint density at radius 1 is 1.25 bits per heavy atom. The van der Waals surface area contributed by atoms with Crippen LogP contribution in [0.25, 0.3) is 6.08 Å². The number of amides is 2. The molecular weight excluding hydrogens is 326 g/mol. The first-order valence-electron chi connectivity index (χ1n) is 7.23. The molecule has 0 bridgehead atoms. The van der Waals surface area contributed by atoms with Gasteiger partial charge in [0.2, 0.25) is 5.91 Å². The third-order valence-electron chi connectivity index (χ3n) is 3.10. The monoisotopic (exact) mass is 341 g/mol. The van der Waals surface area contributed by atoms with E-state index in [2.05, 4.69) is 15.6 Å². The Hall–Kier alpha value is -2.80. The summed E-state index contributed by atoms with van der Waals surface area (Å²) in [6, 6.07) is 10.7. The minimum absolute atomic E-state index is 0.129. The minimum Gasteiger partial charge on any atom is -0.462 e. The first-order chi connectivity index (χ1) is 11.5. The number of nitrogens with zero attached hydrogens (tertiary/aromatic N) is 1. The van der Waals surface area contributed by atoms with Crippen molar-refractivity contribution < 1.29 is 14.0 Å². The van der Waals surface area contributed by atoms with Crippen LogP contribution in [-0.4, -0.2) is 17.0 Å². The lowest BCUT2D eigenvalue weighted by molar-refractivity contribution is -0.115. The molecule has 0 saturated carbocycles. The first-order valence-corrected chi connectivity index (χ1v) is 8.05. The molecule has 1 aliphatic rings. The molecule has 1 aliphatic heterocycles. The average Bonchev–Trinajstić information content (AvgIpc) is 3.07. The average molecular weight is 341 g/mol. The van der Waals surface area contributed by atoms with E-state index in [1.165, 1.54) is 18.7 Å². The van der Waals surface area contributed by atoms with E-state index >= 15 is 0 Å². The Kier molecular flexibility index (Phi) is 4.52. The lowest BCUT2D eigenvalue weighted by Gasteiger charge is -2.02. The predicted octanol–water partition coefficient (Wildman–Crippen LogP) is 3.44. The molecule has 1 fully saturated rings. The van der Waals surface area contributed by atoms with Crippen molar-refractivity contribution in [3.05, 3.63) is 52.8 Å². The second-order valence-electron chi connectivity index (χ2n) is 5.16. The fourth-order valence-corrected chi connectivity index (χ4v) is 2.90. The van der Waals surface area contributed by atoms with Crippen LogP contribution < -0.4 is 10.6 Å². The number of hydrogen-bond donors (Lipinski definition) is 2. The summed E-state index contributed by atoms with van der Waals surface area (Å²) in [6.45, 7) is 3.30. The maximum atomic E-state index is 12.0. The number of furan rings is 1. The predicted molar refractivity (Wildman–Crippen MR) is 95.0 cm³/mol.